The Bertz CT molecular complexity index is 1630. The fourth-order valence-corrected chi connectivity index (χ4v) is 8.66. The van der Waals surface area contributed by atoms with Crippen LogP contribution < -0.4 is 14.2 Å². The second-order valence-corrected chi connectivity index (χ2v) is 18.0. The standard InChI is InChI=1S/C54H81N5O6/c1-4-7-10-13-25-52(60)57-31-28-55-29-32-58(53(61)26-14-11-8-5-2)44-47-20-17-23-50(41-47)64-38-35-56(34-37-63-49-22-16-19-46(40-49)43-57)36-39-65-51-24-18-21-48(42-51)45-59(33-30-55)54(62)27-15-12-9-6-3/h16-24,40-42H,4-15,25-39,43-45H2,1-3H3. The molecule has 0 atom stereocenters. The molecule has 0 radical (unpaired) electrons. The van der Waals surface area contributed by atoms with Crippen molar-refractivity contribution in [2.45, 2.75) is 137 Å². The molecule has 0 unspecified atom stereocenters. The summed E-state index contributed by atoms with van der Waals surface area (Å²) in [6, 6.07) is 24.5. The highest BCUT2D eigenvalue weighted by atomic mass is 16.5. The number of rotatable bonds is 15. The van der Waals surface area contributed by atoms with Gasteiger partial charge in [-0.05, 0) is 72.4 Å². The highest BCUT2D eigenvalue weighted by molar-refractivity contribution is 5.77. The van der Waals surface area contributed by atoms with Crippen molar-refractivity contribution in [1.82, 2.24) is 24.5 Å². The number of ether oxygens (including phenoxy) is 3. The van der Waals surface area contributed by atoms with Gasteiger partial charge in [-0.3, -0.25) is 24.2 Å². The number of unbranched alkanes of at least 4 members (excludes halogenated alkanes) is 9. The molecule has 6 rings (SSSR count). The third-order valence-electron chi connectivity index (χ3n) is 12.7. The maximum absolute atomic E-state index is 14.1. The topological polar surface area (TPSA) is 95.1 Å². The number of fused-ring (bicyclic) bond motifs is 15. The summed E-state index contributed by atoms with van der Waals surface area (Å²) in [5, 5.41) is 0. The maximum Gasteiger partial charge on any atom is 0.222 e. The van der Waals surface area contributed by atoms with E-state index in [2.05, 4.69) is 67.0 Å². The molecule has 0 N–H and O–H groups in total. The summed E-state index contributed by atoms with van der Waals surface area (Å²) in [5.41, 5.74) is 3.09. The van der Waals surface area contributed by atoms with Crippen LogP contribution in [0.4, 0.5) is 0 Å². The molecule has 3 aliphatic rings. The summed E-state index contributed by atoms with van der Waals surface area (Å²) in [6.07, 6.45) is 14.0. The monoisotopic (exact) mass is 896 g/mol. The minimum Gasteiger partial charge on any atom is -0.492 e. The first-order valence-electron chi connectivity index (χ1n) is 25.3. The van der Waals surface area contributed by atoms with Crippen LogP contribution >= 0.6 is 0 Å². The van der Waals surface area contributed by atoms with Crippen molar-refractivity contribution < 1.29 is 28.6 Å². The highest BCUT2D eigenvalue weighted by Gasteiger charge is 2.22. The van der Waals surface area contributed by atoms with Gasteiger partial charge in [-0.2, -0.15) is 0 Å². The average molecular weight is 896 g/mol. The van der Waals surface area contributed by atoms with Crippen molar-refractivity contribution in [2.75, 3.05) is 78.7 Å². The molecular weight excluding hydrogens is 815 g/mol. The van der Waals surface area contributed by atoms with Crippen LogP contribution in [0.2, 0.25) is 0 Å². The van der Waals surface area contributed by atoms with E-state index in [1.165, 1.54) is 0 Å². The second-order valence-electron chi connectivity index (χ2n) is 18.0. The number of carbonyl (C=O) groups excluding carboxylic acids is 3. The molecule has 0 aliphatic carbocycles. The van der Waals surface area contributed by atoms with Crippen LogP contribution in [0.15, 0.2) is 72.8 Å². The Morgan fingerprint density at radius 2 is 0.708 bits per heavy atom. The number of nitrogens with zero attached hydrogens (tertiary/aromatic N) is 5. The average Bonchev–Trinajstić information content (AvgIpc) is 3.31. The van der Waals surface area contributed by atoms with Crippen LogP contribution in [0, 0.1) is 0 Å². The molecule has 3 aliphatic heterocycles. The largest absolute Gasteiger partial charge is 0.492 e. The van der Waals surface area contributed by atoms with Gasteiger partial charge in [0.25, 0.3) is 0 Å². The lowest BCUT2D eigenvalue weighted by atomic mass is 10.1. The maximum atomic E-state index is 14.1. The Morgan fingerprint density at radius 3 is 1.02 bits per heavy atom. The van der Waals surface area contributed by atoms with Gasteiger partial charge >= 0.3 is 0 Å². The van der Waals surface area contributed by atoms with Crippen LogP contribution in [-0.4, -0.2) is 121 Å². The Morgan fingerprint density at radius 1 is 0.400 bits per heavy atom. The normalized spacial score (nSPS) is 18.2. The van der Waals surface area contributed by atoms with Crippen molar-refractivity contribution in [2.24, 2.45) is 0 Å². The highest BCUT2D eigenvalue weighted by Crippen LogP contribution is 2.21. The molecule has 0 saturated carbocycles. The van der Waals surface area contributed by atoms with E-state index in [1.54, 1.807) is 0 Å². The quantitative estimate of drug-likeness (QED) is 0.139. The summed E-state index contributed by atoms with van der Waals surface area (Å²) in [4.78, 5) is 53.1. The Kier molecular flexibility index (Phi) is 23.6. The third kappa shape index (κ3) is 19.4. The van der Waals surface area contributed by atoms with E-state index in [-0.39, 0.29) is 17.7 Å². The Balaban J connectivity index is 1.53. The van der Waals surface area contributed by atoms with Crippen LogP contribution in [0.25, 0.3) is 0 Å². The van der Waals surface area contributed by atoms with Crippen LogP contribution in [0.5, 0.6) is 17.2 Å². The SMILES string of the molecule is CCCCCCC(=O)N1CCN2CCN(C(=O)CCCCCC)Cc3cccc(c3)OCCN(CCOc3cccc(c3)C1)CCOc1cccc(c1)CN(C(=O)CCCCCC)CC2. The summed E-state index contributed by atoms with van der Waals surface area (Å²) < 4.78 is 19.1. The number of carbonyl (C=O) groups is 3. The molecule has 0 aromatic heterocycles. The van der Waals surface area contributed by atoms with E-state index in [1.807, 2.05) is 51.1 Å². The predicted octanol–water partition coefficient (Wildman–Crippen LogP) is 9.75. The predicted molar refractivity (Wildman–Crippen MR) is 261 cm³/mol. The minimum absolute atomic E-state index is 0.156. The molecular formula is C54H81N5O6. The lowest BCUT2D eigenvalue weighted by molar-refractivity contribution is -0.132. The van der Waals surface area contributed by atoms with Gasteiger partial charge in [0.1, 0.15) is 37.1 Å². The lowest BCUT2D eigenvalue weighted by Gasteiger charge is -2.32. The van der Waals surface area contributed by atoms with E-state index >= 15 is 0 Å². The zero-order valence-corrected chi connectivity index (χ0v) is 40.3. The van der Waals surface area contributed by atoms with Gasteiger partial charge in [0.05, 0.1) is 0 Å². The molecule has 0 saturated heterocycles. The molecule has 8 bridgehead atoms. The Labute approximate surface area is 391 Å². The minimum atomic E-state index is 0.156. The number of amides is 3. The number of hydrogen-bond donors (Lipinski definition) is 0. The first-order chi connectivity index (χ1) is 31.8. The second kappa shape index (κ2) is 29.8. The van der Waals surface area contributed by atoms with Gasteiger partial charge in [0.15, 0.2) is 0 Å². The molecule has 358 valence electrons. The van der Waals surface area contributed by atoms with E-state index in [4.69, 9.17) is 14.2 Å². The van der Waals surface area contributed by atoms with Gasteiger partial charge in [-0.15, -0.1) is 0 Å². The zero-order chi connectivity index (χ0) is 45.9. The van der Waals surface area contributed by atoms with E-state index in [0.29, 0.717) is 118 Å². The van der Waals surface area contributed by atoms with Crippen molar-refractivity contribution in [3.05, 3.63) is 89.5 Å². The smallest absolute Gasteiger partial charge is 0.222 e. The van der Waals surface area contributed by atoms with Gasteiger partial charge in [-0.1, -0.05) is 115 Å². The van der Waals surface area contributed by atoms with Crippen LogP contribution in [0.1, 0.15) is 134 Å². The zero-order valence-electron chi connectivity index (χ0n) is 40.3. The number of benzene rings is 3. The molecule has 65 heavy (non-hydrogen) atoms. The van der Waals surface area contributed by atoms with Crippen molar-refractivity contribution in [3.63, 3.8) is 0 Å². The first kappa shape index (κ1) is 51.4. The molecule has 11 nitrogen and oxygen atoms in total. The summed E-state index contributed by atoms with van der Waals surface area (Å²) in [7, 11) is 0. The molecule has 11 heteroatoms. The molecule has 3 aromatic carbocycles. The fourth-order valence-electron chi connectivity index (χ4n) is 8.66. The van der Waals surface area contributed by atoms with Crippen molar-refractivity contribution in [1.29, 1.82) is 0 Å². The molecule has 0 fully saturated rings. The third-order valence-corrected chi connectivity index (χ3v) is 12.7. The molecule has 3 aromatic rings. The summed E-state index contributed by atoms with van der Waals surface area (Å²) in [5.74, 6) is 2.81. The van der Waals surface area contributed by atoms with Gasteiger partial charge < -0.3 is 28.9 Å². The van der Waals surface area contributed by atoms with Crippen LogP contribution in [0.3, 0.4) is 0 Å². The molecule has 3 heterocycles. The first-order valence-corrected chi connectivity index (χ1v) is 25.3. The lowest BCUT2D eigenvalue weighted by Crippen LogP contribution is -2.45. The van der Waals surface area contributed by atoms with Gasteiger partial charge in [-0.25, -0.2) is 0 Å². The molecule has 0 spiro atoms. The van der Waals surface area contributed by atoms with E-state index < -0.39 is 0 Å². The fraction of sp³-hybridized carbons (Fsp3) is 0.611. The van der Waals surface area contributed by atoms with Crippen molar-refractivity contribution in [3.8, 4) is 17.2 Å². The Hall–Kier alpha value is -4.61. The molecule has 3 amide bonds. The van der Waals surface area contributed by atoms with E-state index in [9.17, 15) is 14.4 Å². The van der Waals surface area contributed by atoms with Crippen LogP contribution in [-0.2, 0) is 34.0 Å². The van der Waals surface area contributed by atoms with Crippen molar-refractivity contribution >= 4 is 17.7 Å². The van der Waals surface area contributed by atoms with Gasteiger partial charge in [0, 0.05) is 97.8 Å². The van der Waals surface area contributed by atoms with E-state index in [0.717, 1.165) is 111 Å². The summed E-state index contributed by atoms with van der Waals surface area (Å²) in [6.45, 7) is 14.9. The summed E-state index contributed by atoms with van der Waals surface area (Å²) >= 11 is 0. The van der Waals surface area contributed by atoms with Gasteiger partial charge in [0.2, 0.25) is 17.7 Å². The number of hydrogen-bond acceptors (Lipinski definition) is 8.